The number of nitrogens with two attached hydrogens (primary N) is 1. The average Bonchev–Trinajstić information content (AvgIpc) is 2.73. The molecule has 0 spiro atoms. The van der Waals surface area contributed by atoms with Crippen LogP contribution in [0.3, 0.4) is 0 Å². The third-order valence-electron chi connectivity index (χ3n) is 3.04. The molecule has 2 heterocycles. The van der Waals surface area contributed by atoms with Gasteiger partial charge in [0.05, 0.1) is 13.2 Å². The predicted molar refractivity (Wildman–Crippen MR) is 55.4 cm³/mol. The summed E-state index contributed by atoms with van der Waals surface area (Å²) < 4.78 is 38.9. The molecule has 0 aliphatic carbocycles. The van der Waals surface area contributed by atoms with Crippen LogP contribution in [-0.2, 0) is 19.3 Å². The molecule has 9 heteroatoms. The molecule has 3 N–H and O–H groups in total. The number of hydrogen-bond donors (Lipinski definition) is 2. The highest BCUT2D eigenvalue weighted by Crippen LogP contribution is 2.29. The van der Waals surface area contributed by atoms with Gasteiger partial charge >= 0.3 is 6.18 Å². The Hall–Kier alpha value is -1.19. The largest absolute Gasteiger partial charge is 0.451 e. The second-order valence-corrected chi connectivity index (χ2v) is 4.13. The second kappa shape index (κ2) is 4.82. The molecular weight excluding hydrogens is 251 g/mol. The zero-order valence-corrected chi connectivity index (χ0v) is 9.56. The summed E-state index contributed by atoms with van der Waals surface area (Å²) in [5, 5.41) is 15.9. The first kappa shape index (κ1) is 13.2. The van der Waals surface area contributed by atoms with Crippen molar-refractivity contribution < 1.29 is 18.3 Å². The number of alkyl halides is 3. The summed E-state index contributed by atoms with van der Waals surface area (Å²) in [5.74, 6) is -0.717. The number of fused-ring (bicyclic) bond motifs is 1. The van der Waals surface area contributed by atoms with Crippen LogP contribution in [0.25, 0.3) is 0 Å². The summed E-state index contributed by atoms with van der Waals surface area (Å²) in [6.45, 7) is 0.864. The number of halogens is 3. The maximum Gasteiger partial charge on any atom is 0.451 e. The smallest absolute Gasteiger partial charge is 0.395 e. The van der Waals surface area contributed by atoms with Crippen LogP contribution >= 0.6 is 0 Å². The molecule has 0 fully saturated rings. The van der Waals surface area contributed by atoms with Gasteiger partial charge in [-0.2, -0.15) is 13.2 Å². The van der Waals surface area contributed by atoms with Crippen LogP contribution < -0.4 is 5.73 Å². The zero-order chi connectivity index (χ0) is 13.3. The molecule has 1 aliphatic heterocycles. The lowest BCUT2D eigenvalue weighted by Gasteiger charge is -2.33. The van der Waals surface area contributed by atoms with Crippen molar-refractivity contribution >= 4 is 0 Å². The minimum atomic E-state index is -4.49. The van der Waals surface area contributed by atoms with Gasteiger partial charge in [0.15, 0.2) is 0 Å². The molecular formula is C9H14F3N5O. The van der Waals surface area contributed by atoms with Gasteiger partial charge in [0.2, 0.25) is 5.82 Å². The van der Waals surface area contributed by atoms with Crippen LogP contribution in [0.1, 0.15) is 11.6 Å². The Morgan fingerprint density at radius 1 is 1.33 bits per heavy atom. The van der Waals surface area contributed by atoms with Crippen LogP contribution in [-0.4, -0.2) is 50.5 Å². The number of aliphatic hydroxyl groups excluding tert-OH is 1. The summed E-state index contributed by atoms with van der Waals surface area (Å²) in [5.41, 5.74) is 5.48. The Labute approximate surface area is 101 Å². The van der Waals surface area contributed by atoms with Crippen LogP contribution in [0.4, 0.5) is 13.2 Å². The zero-order valence-electron chi connectivity index (χ0n) is 9.56. The van der Waals surface area contributed by atoms with E-state index >= 15 is 0 Å². The van der Waals surface area contributed by atoms with E-state index < -0.39 is 12.0 Å². The SMILES string of the molecule is NCC(CO)N1CCn2c(nnc2C(F)(F)F)C1. The number of nitrogens with zero attached hydrogens (tertiary/aromatic N) is 4. The minimum Gasteiger partial charge on any atom is -0.395 e. The molecule has 0 amide bonds. The molecule has 1 aromatic heterocycles. The van der Waals surface area contributed by atoms with Gasteiger partial charge in [0.1, 0.15) is 5.82 Å². The molecule has 0 saturated carbocycles. The highest BCUT2D eigenvalue weighted by Gasteiger charge is 2.39. The van der Waals surface area contributed by atoms with E-state index in [9.17, 15) is 13.2 Å². The van der Waals surface area contributed by atoms with Gasteiger partial charge in [-0.05, 0) is 0 Å². The van der Waals surface area contributed by atoms with E-state index in [-0.39, 0.29) is 38.1 Å². The molecule has 2 rings (SSSR count). The molecule has 1 unspecified atom stereocenters. The summed E-state index contributed by atoms with van der Waals surface area (Å²) in [6, 6.07) is -0.259. The van der Waals surface area contributed by atoms with Gasteiger partial charge in [0, 0.05) is 25.7 Å². The van der Waals surface area contributed by atoms with Gasteiger partial charge < -0.3 is 15.4 Å². The summed E-state index contributed by atoms with van der Waals surface area (Å²) in [4.78, 5) is 1.81. The van der Waals surface area contributed by atoms with Gasteiger partial charge in [-0.1, -0.05) is 0 Å². The fraction of sp³-hybridized carbons (Fsp3) is 0.778. The van der Waals surface area contributed by atoms with E-state index in [0.29, 0.717) is 6.54 Å². The van der Waals surface area contributed by atoms with E-state index in [4.69, 9.17) is 10.8 Å². The molecule has 0 radical (unpaired) electrons. The first-order valence-electron chi connectivity index (χ1n) is 5.51. The van der Waals surface area contributed by atoms with Gasteiger partial charge in [-0.25, -0.2) is 0 Å². The molecule has 1 aromatic rings. The first-order valence-corrected chi connectivity index (χ1v) is 5.51. The van der Waals surface area contributed by atoms with Crippen molar-refractivity contribution in [2.45, 2.75) is 25.3 Å². The lowest BCUT2D eigenvalue weighted by molar-refractivity contribution is -0.148. The lowest BCUT2D eigenvalue weighted by atomic mass is 10.2. The number of aromatic nitrogens is 3. The van der Waals surface area contributed by atoms with Crippen LogP contribution in [0.15, 0.2) is 0 Å². The van der Waals surface area contributed by atoms with Crippen molar-refractivity contribution in [3.8, 4) is 0 Å². The summed E-state index contributed by atoms with van der Waals surface area (Å²) in [6.07, 6.45) is -4.49. The number of rotatable bonds is 3. The number of hydrogen-bond acceptors (Lipinski definition) is 5. The molecule has 1 aliphatic rings. The fourth-order valence-electron chi connectivity index (χ4n) is 2.04. The predicted octanol–water partition coefficient (Wildman–Crippen LogP) is -0.568. The van der Waals surface area contributed by atoms with Gasteiger partial charge in [-0.15, -0.1) is 10.2 Å². The Kier molecular flexibility index (Phi) is 3.55. The van der Waals surface area contributed by atoms with E-state index in [2.05, 4.69) is 10.2 Å². The molecule has 1 atom stereocenters. The maximum absolute atomic E-state index is 12.6. The highest BCUT2D eigenvalue weighted by atomic mass is 19.4. The summed E-state index contributed by atoms with van der Waals surface area (Å²) in [7, 11) is 0. The van der Waals surface area contributed by atoms with E-state index in [1.54, 1.807) is 0 Å². The van der Waals surface area contributed by atoms with Crippen LogP contribution in [0, 0.1) is 0 Å². The second-order valence-electron chi connectivity index (χ2n) is 4.13. The van der Waals surface area contributed by atoms with Crippen LogP contribution in [0.2, 0.25) is 0 Å². The Morgan fingerprint density at radius 2 is 2.06 bits per heavy atom. The van der Waals surface area contributed by atoms with Gasteiger partial charge in [0.25, 0.3) is 0 Å². The third kappa shape index (κ3) is 2.33. The molecule has 6 nitrogen and oxygen atoms in total. The maximum atomic E-state index is 12.6. The van der Waals surface area contributed by atoms with Gasteiger partial charge in [-0.3, -0.25) is 4.90 Å². The van der Waals surface area contributed by atoms with Crippen molar-refractivity contribution in [1.29, 1.82) is 0 Å². The van der Waals surface area contributed by atoms with Crippen LogP contribution in [0.5, 0.6) is 0 Å². The Bertz CT molecular complexity index is 415. The van der Waals surface area contributed by atoms with Crippen molar-refractivity contribution in [1.82, 2.24) is 19.7 Å². The number of aliphatic hydroxyl groups is 1. The molecule has 18 heavy (non-hydrogen) atoms. The average molecular weight is 265 g/mol. The van der Waals surface area contributed by atoms with Crippen molar-refractivity contribution in [3.63, 3.8) is 0 Å². The summed E-state index contributed by atoms with van der Waals surface area (Å²) >= 11 is 0. The topological polar surface area (TPSA) is 80.2 Å². The standard InChI is InChI=1S/C9H14F3N5O/c10-9(11,12)8-15-14-7-4-16(1-2-17(7)8)6(3-13)5-18/h6,18H,1-5,13H2. The van der Waals surface area contributed by atoms with E-state index in [1.807, 2.05) is 4.90 Å². The van der Waals surface area contributed by atoms with Crippen molar-refractivity contribution in [3.05, 3.63) is 11.6 Å². The Morgan fingerprint density at radius 3 is 2.61 bits per heavy atom. The quantitative estimate of drug-likeness (QED) is 0.765. The monoisotopic (exact) mass is 265 g/mol. The molecule has 102 valence electrons. The lowest BCUT2D eigenvalue weighted by Crippen LogP contribution is -2.47. The molecule has 0 aromatic carbocycles. The van der Waals surface area contributed by atoms with E-state index in [1.165, 1.54) is 0 Å². The molecule has 0 bridgehead atoms. The minimum absolute atomic E-state index is 0.128. The normalized spacial score (nSPS) is 18.7. The van der Waals surface area contributed by atoms with Crippen molar-refractivity contribution in [2.75, 3.05) is 19.7 Å². The molecule has 0 saturated heterocycles. The first-order chi connectivity index (χ1) is 8.47. The highest BCUT2D eigenvalue weighted by molar-refractivity contribution is 5.02. The fourth-order valence-corrected chi connectivity index (χ4v) is 2.04. The van der Waals surface area contributed by atoms with E-state index in [0.717, 1.165) is 4.57 Å². The van der Waals surface area contributed by atoms with Crippen molar-refractivity contribution in [2.24, 2.45) is 5.73 Å². The Balaban J connectivity index is 2.19. The third-order valence-corrected chi connectivity index (χ3v) is 3.04.